The fourth-order valence-electron chi connectivity index (χ4n) is 4.54. The van der Waals surface area contributed by atoms with Crippen LogP contribution in [0.4, 0.5) is 0 Å². The minimum atomic E-state index is -0.766. The van der Waals surface area contributed by atoms with Crippen molar-refractivity contribution in [3.63, 3.8) is 0 Å². The zero-order valence-electron chi connectivity index (χ0n) is 17.7. The van der Waals surface area contributed by atoms with E-state index in [2.05, 4.69) is 27.7 Å². The molecule has 2 aromatic rings. The number of allylic oxidation sites excluding steroid dienone is 1. The molecule has 0 amide bonds. The van der Waals surface area contributed by atoms with Crippen LogP contribution in [0.15, 0.2) is 50.7 Å². The summed E-state index contributed by atoms with van der Waals surface area (Å²) in [6.07, 6.45) is 2.81. The number of hydrogen-bond donors (Lipinski definition) is 1. The van der Waals surface area contributed by atoms with E-state index in [9.17, 15) is 9.59 Å². The Bertz CT molecular complexity index is 986. The smallest absolute Gasteiger partial charge is 0.336 e. The minimum absolute atomic E-state index is 0.153. The second-order valence-corrected chi connectivity index (χ2v) is 8.62. The average Bonchev–Trinajstić information content (AvgIpc) is 2.68. The first-order valence-corrected chi connectivity index (χ1v) is 10.3. The summed E-state index contributed by atoms with van der Waals surface area (Å²) in [5, 5.41) is 9.92. The van der Waals surface area contributed by atoms with Gasteiger partial charge in [0.25, 0.3) is 0 Å². The number of benzene rings is 1. The van der Waals surface area contributed by atoms with Crippen molar-refractivity contribution in [2.45, 2.75) is 53.4 Å². The Labute approximate surface area is 171 Å². The predicted molar refractivity (Wildman–Crippen MR) is 113 cm³/mol. The minimum Gasteiger partial charge on any atom is -0.493 e. The van der Waals surface area contributed by atoms with Crippen molar-refractivity contribution in [1.29, 1.82) is 0 Å². The summed E-state index contributed by atoms with van der Waals surface area (Å²) < 4.78 is 11.5. The third kappa shape index (κ3) is 4.55. The number of carboxylic acid groups (broad SMARTS) is 1. The Morgan fingerprint density at radius 3 is 2.69 bits per heavy atom. The topological polar surface area (TPSA) is 76.7 Å². The van der Waals surface area contributed by atoms with Gasteiger partial charge in [0, 0.05) is 29.4 Å². The second-order valence-electron chi connectivity index (χ2n) is 8.62. The van der Waals surface area contributed by atoms with E-state index in [-0.39, 0.29) is 17.5 Å². The first-order valence-electron chi connectivity index (χ1n) is 10.3. The lowest BCUT2D eigenvalue weighted by Crippen LogP contribution is -2.41. The van der Waals surface area contributed by atoms with Gasteiger partial charge in [0.05, 0.1) is 6.61 Å². The van der Waals surface area contributed by atoms with Crippen LogP contribution in [0, 0.1) is 17.3 Å². The summed E-state index contributed by atoms with van der Waals surface area (Å²) in [6, 6.07) is 8.69. The number of carbonyl (C=O) groups is 1. The zero-order valence-corrected chi connectivity index (χ0v) is 17.7. The van der Waals surface area contributed by atoms with Crippen molar-refractivity contribution in [2.75, 3.05) is 6.61 Å². The van der Waals surface area contributed by atoms with E-state index in [1.165, 1.54) is 17.2 Å². The second kappa shape index (κ2) is 8.44. The molecule has 1 saturated carbocycles. The van der Waals surface area contributed by atoms with Crippen LogP contribution in [0.3, 0.4) is 0 Å². The third-order valence-electron chi connectivity index (χ3n) is 6.76. The molecule has 1 aromatic carbocycles. The molecule has 0 saturated heterocycles. The SMILES string of the molecule is CC(CCC(=O)O)=C1CCC(C)C(C)C1(C)COc1ccc2ccc(=O)oc2c1. The van der Waals surface area contributed by atoms with Crippen molar-refractivity contribution in [1.82, 2.24) is 0 Å². The molecule has 3 atom stereocenters. The maximum Gasteiger partial charge on any atom is 0.336 e. The molecule has 0 spiro atoms. The highest BCUT2D eigenvalue weighted by molar-refractivity contribution is 5.77. The molecule has 1 aliphatic carbocycles. The summed E-state index contributed by atoms with van der Waals surface area (Å²) in [7, 11) is 0. The van der Waals surface area contributed by atoms with Crippen LogP contribution in [-0.4, -0.2) is 17.7 Å². The monoisotopic (exact) mass is 398 g/mol. The van der Waals surface area contributed by atoms with Gasteiger partial charge in [0.2, 0.25) is 0 Å². The standard InChI is InChI=1S/C24H30O5/c1-15-5-10-20(16(2)6-11-22(25)26)24(4,17(15)3)14-28-19-9-7-18-8-12-23(27)29-21(18)13-19/h7-9,12-13,15,17H,5-6,10-11,14H2,1-4H3,(H,25,26). The van der Waals surface area contributed by atoms with Gasteiger partial charge in [0.15, 0.2) is 0 Å². The molecule has 3 unspecified atom stereocenters. The van der Waals surface area contributed by atoms with E-state index < -0.39 is 5.97 Å². The Morgan fingerprint density at radius 1 is 1.24 bits per heavy atom. The highest BCUT2D eigenvalue weighted by Crippen LogP contribution is 2.49. The maximum absolute atomic E-state index is 11.5. The Hall–Kier alpha value is -2.56. The molecule has 5 nitrogen and oxygen atoms in total. The Morgan fingerprint density at radius 2 is 1.97 bits per heavy atom. The number of fused-ring (bicyclic) bond motifs is 1. The Balaban J connectivity index is 1.87. The van der Waals surface area contributed by atoms with E-state index in [1.807, 2.05) is 12.1 Å². The molecule has 0 radical (unpaired) electrons. The quantitative estimate of drug-likeness (QED) is 0.519. The maximum atomic E-state index is 11.5. The molecule has 0 aliphatic heterocycles. The van der Waals surface area contributed by atoms with Crippen molar-refractivity contribution < 1.29 is 19.1 Å². The summed E-state index contributed by atoms with van der Waals surface area (Å²) in [5.41, 5.74) is 2.46. The van der Waals surface area contributed by atoms with Crippen molar-refractivity contribution in [3.8, 4) is 5.75 Å². The van der Waals surface area contributed by atoms with E-state index in [1.54, 1.807) is 12.1 Å². The summed E-state index contributed by atoms with van der Waals surface area (Å²) in [6.45, 7) is 9.33. The molecule has 156 valence electrons. The van der Waals surface area contributed by atoms with Crippen LogP contribution in [0.1, 0.15) is 53.4 Å². The molecule has 5 heteroatoms. The molecule has 1 fully saturated rings. The fourth-order valence-corrected chi connectivity index (χ4v) is 4.54. The highest BCUT2D eigenvalue weighted by atomic mass is 16.5. The molecule has 0 bridgehead atoms. The van der Waals surface area contributed by atoms with Crippen molar-refractivity contribution in [2.24, 2.45) is 17.3 Å². The van der Waals surface area contributed by atoms with Crippen LogP contribution in [0.25, 0.3) is 11.0 Å². The van der Waals surface area contributed by atoms with Crippen molar-refractivity contribution >= 4 is 16.9 Å². The third-order valence-corrected chi connectivity index (χ3v) is 6.76. The molecule has 29 heavy (non-hydrogen) atoms. The molecule has 1 N–H and O–H groups in total. The first-order chi connectivity index (χ1) is 13.7. The number of carboxylic acids is 1. The van der Waals surface area contributed by atoms with Gasteiger partial charge < -0.3 is 14.3 Å². The van der Waals surface area contributed by atoms with Crippen LogP contribution in [0.5, 0.6) is 5.75 Å². The lowest BCUT2D eigenvalue weighted by atomic mass is 9.60. The van der Waals surface area contributed by atoms with Crippen LogP contribution in [0.2, 0.25) is 0 Å². The molecule has 1 heterocycles. The predicted octanol–water partition coefficient (Wildman–Crippen LogP) is 5.43. The number of ether oxygens (including phenoxy) is 1. The summed E-state index contributed by atoms with van der Waals surface area (Å²) >= 11 is 0. The molecule has 1 aliphatic rings. The average molecular weight is 398 g/mol. The normalized spacial score (nSPS) is 26.3. The number of aliphatic carboxylic acids is 1. The molecule has 3 rings (SSSR count). The van der Waals surface area contributed by atoms with Gasteiger partial charge in [-0.3, -0.25) is 4.79 Å². The Kier molecular flexibility index (Phi) is 6.15. The fraction of sp³-hybridized carbons (Fsp3) is 0.500. The van der Waals surface area contributed by atoms with E-state index >= 15 is 0 Å². The molecular formula is C24H30O5. The summed E-state index contributed by atoms with van der Waals surface area (Å²) in [4.78, 5) is 22.5. The van der Waals surface area contributed by atoms with Crippen LogP contribution in [-0.2, 0) is 4.79 Å². The van der Waals surface area contributed by atoms with Gasteiger partial charge in [-0.25, -0.2) is 4.79 Å². The van der Waals surface area contributed by atoms with E-state index in [4.69, 9.17) is 14.3 Å². The van der Waals surface area contributed by atoms with Gasteiger partial charge >= 0.3 is 11.6 Å². The van der Waals surface area contributed by atoms with Gasteiger partial charge in [-0.1, -0.05) is 31.9 Å². The summed E-state index contributed by atoms with van der Waals surface area (Å²) in [5.74, 6) is 0.873. The number of rotatable bonds is 6. The van der Waals surface area contributed by atoms with E-state index in [0.717, 1.165) is 18.2 Å². The lowest BCUT2D eigenvalue weighted by Gasteiger charge is -2.46. The van der Waals surface area contributed by atoms with Gasteiger partial charge in [0.1, 0.15) is 11.3 Å². The van der Waals surface area contributed by atoms with Crippen LogP contribution < -0.4 is 10.4 Å². The van der Waals surface area contributed by atoms with Crippen LogP contribution >= 0.6 is 0 Å². The van der Waals surface area contributed by atoms with Gasteiger partial charge in [-0.15, -0.1) is 0 Å². The number of hydrogen-bond acceptors (Lipinski definition) is 4. The van der Waals surface area contributed by atoms with E-state index in [0.29, 0.717) is 36.2 Å². The van der Waals surface area contributed by atoms with Gasteiger partial charge in [-0.05, 0) is 56.2 Å². The molecule has 1 aromatic heterocycles. The van der Waals surface area contributed by atoms with Gasteiger partial charge in [-0.2, -0.15) is 0 Å². The molecular weight excluding hydrogens is 368 g/mol. The lowest BCUT2D eigenvalue weighted by molar-refractivity contribution is -0.136. The largest absolute Gasteiger partial charge is 0.493 e. The highest BCUT2D eigenvalue weighted by Gasteiger charge is 2.42. The van der Waals surface area contributed by atoms with Crippen molar-refractivity contribution in [3.05, 3.63) is 51.9 Å². The first kappa shape index (κ1) is 21.2. The zero-order chi connectivity index (χ0) is 21.2.